The molecule has 2 aromatic rings. The van der Waals surface area contributed by atoms with Crippen molar-refractivity contribution in [2.45, 2.75) is 6.54 Å². The average Bonchev–Trinajstić information content (AvgIpc) is 2.38. The first-order chi connectivity index (χ1) is 7.90. The Balaban J connectivity index is 0.00000144. The third-order valence-electron chi connectivity index (χ3n) is 2.34. The fourth-order valence-corrected chi connectivity index (χ4v) is 1.52. The molecule has 0 saturated carbocycles. The van der Waals surface area contributed by atoms with Crippen LogP contribution in [0.15, 0.2) is 66.1 Å². The Bertz CT molecular complexity index is 471. The van der Waals surface area contributed by atoms with Crippen LogP contribution in [0.2, 0.25) is 0 Å². The second-order valence-electron chi connectivity index (χ2n) is 3.46. The molecule has 0 aliphatic heterocycles. The summed E-state index contributed by atoms with van der Waals surface area (Å²) in [6.07, 6.45) is 3.88. The molecule has 0 fully saturated rings. The molecule has 0 saturated heterocycles. The lowest BCUT2D eigenvalue weighted by Crippen LogP contribution is -3.00. The molecule has 88 valence electrons. The number of benzene rings is 1. The Hall–Kier alpha value is -1.68. The molecule has 0 spiro atoms. The summed E-state index contributed by atoms with van der Waals surface area (Å²) in [4.78, 5) is 0. The van der Waals surface area contributed by atoms with E-state index in [0.29, 0.717) is 12.3 Å². The standard InChI is InChI=1S/C13H12N2O.BrH/c16-14-13(12-7-3-1-4-8-12)11-15-9-5-2-6-10-15;/h1-10H,11H2;1H/b14-13-;. The van der Waals surface area contributed by atoms with Crippen molar-refractivity contribution < 1.29 is 26.8 Å². The van der Waals surface area contributed by atoms with Gasteiger partial charge >= 0.3 is 0 Å². The molecule has 3 nitrogen and oxygen atoms in total. The van der Waals surface area contributed by atoms with Crippen LogP contribution in [0.1, 0.15) is 5.56 Å². The predicted molar refractivity (Wildman–Crippen MR) is 61.4 cm³/mol. The van der Waals surface area contributed by atoms with Gasteiger partial charge in [-0.15, -0.1) is 0 Å². The Morgan fingerprint density at radius 2 is 1.59 bits per heavy atom. The molecule has 0 amide bonds. The van der Waals surface area contributed by atoms with Crippen LogP contribution in [0, 0.1) is 0 Å². The van der Waals surface area contributed by atoms with Crippen molar-refractivity contribution in [3.05, 3.63) is 66.5 Å². The van der Waals surface area contributed by atoms with E-state index >= 15 is 0 Å². The van der Waals surface area contributed by atoms with E-state index in [9.17, 15) is 0 Å². The van der Waals surface area contributed by atoms with Crippen molar-refractivity contribution in [2.24, 2.45) is 5.16 Å². The van der Waals surface area contributed by atoms with Crippen LogP contribution in [0.3, 0.4) is 0 Å². The van der Waals surface area contributed by atoms with Crippen LogP contribution in [-0.4, -0.2) is 10.9 Å². The minimum atomic E-state index is 0. The monoisotopic (exact) mass is 292 g/mol. The van der Waals surface area contributed by atoms with Crippen molar-refractivity contribution in [3.8, 4) is 0 Å². The van der Waals surface area contributed by atoms with Crippen LogP contribution in [0.5, 0.6) is 0 Å². The molecule has 1 aromatic carbocycles. The molecular weight excluding hydrogens is 280 g/mol. The van der Waals surface area contributed by atoms with Gasteiger partial charge in [-0.25, -0.2) is 0 Å². The summed E-state index contributed by atoms with van der Waals surface area (Å²) in [6, 6.07) is 15.5. The highest BCUT2D eigenvalue weighted by Gasteiger charge is 2.09. The molecule has 0 aliphatic rings. The SMILES string of the molecule is O/N=C(/C[n+]1ccccc1)c1ccccc1.[Br-]. The fraction of sp³-hybridized carbons (Fsp3) is 0.0769. The summed E-state index contributed by atoms with van der Waals surface area (Å²) < 4.78 is 1.96. The number of hydrogen-bond donors (Lipinski definition) is 1. The Morgan fingerprint density at radius 3 is 2.18 bits per heavy atom. The highest BCUT2D eigenvalue weighted by atomic mass is 79.9. The third-order valence-corrected chi connectivity index (χ3v) is 2.34. The molecule has 4 heteroatoms. The zero-order chi connectivity index (χ0) is 11.2. The number of pyridine rings is 1. The van der Waals surface area contributed by atoms with Crippen molar-refractivity contribution in [1.82, 2.24) is 0 Å². The molecule has 17 heavy (non-hydrogen) atoms. The summed E-state index contributed by atoms with van der Waals surface area (Å²) in [5, 5.41) is 12.4. The molecule has 0 atom stereocenters. The third kappa shape index (κ3) is 3.67. The van der Waals surface area contributed by atoms with Gasteiger partial charge in [0.05, 0.1) is 0 Å². The van der Waals surface area contributed by atoms with Gasteiger partial charge < -0.3 is 22.2 Å². The normalized spacial score (nSPS) is 10.7. The Morgan fingerprint density at radius 1 is 1.00 bits per heavy atom. The molecule has 0 aliphatic carbocycles. The van der Waals surface area contributed by atoms with Crippen LogP contribution >= 0.6 is 0 Å². The highest BCUT2D eigenvalue weighted by Crippen LogP contribution is 2.01. The second kappa shape index (κ2) is 6.81. The van der Waals surface area contributed by atoms with E-state index in [4.69, 9.17) is 5.21 Å². The topological polar surface area (TPSA) is 36.5 Å². The maximum atomic E-state index is 9.02. The zero-order valence-electron chi connectivity index (χ0n) is 9.20. The number of halogens is 1. The largest absolute Gasteiger partial charge is 1.00 e. The van der Waals surface area contributed by atoms with E-state index < -0.39 is 0 Å². The first-order valence-corrected chi connectivity index (χ1v) is 5.10. The van der Waals surface area contributed by atoms with Crippen LogP contribution < -0.4 is 21.5 Å². The van der Waals surface area contributed by atoms with Gasteiger partial charge in [-0.3, -0.25) is 0 Å². The predicted octanol–water partition coefficient (Wildman–Crippen LogP) is -1.14. The first kappa shape index (κ1) is 13.4. The van der Waals surface area contributed by atoms with Gasteiger partial charge in [0, 0.05) is 17.7 Å². The van der Waals surface area contributed by atoms with Gasteiger partial charge in [-0.05, 0) is 0 Å². The molecular formula is C13H13BrN2O. The fourth-order valence-electron chi connectivity index (χ4n) is 1.52. The van der Waals surface area contributed by atoms with Crippen LogP contribution in [0.4, 0.5) is 0 Å². The number of oxime groups is 1. The molecule has 0 bridgehead atoms. The lowest BCUT2D eigenvalue weighted by Gasteiger charge is -2.00. The number of hydrogen-bond acceptors (Lipinski definition) is 2. The summed E-state index contributed by atoms with van der Waals surface area (Å²) in [5.41, 5.74) is 1.58. The molecule has 0 unspecified atom stereocenters. The maximum absolute atomic E-state index is 9.02. The summed E-state index contributed by atoms with van der Waals surface area (Å²) in [6.45, 7) is 0.557. The summed E-state index contributed by atoms with van der Waals surface area (Å²) in [7, 11) is 0. The second-order valence-corrected chi connectivity index (χ2v) is 3.46. The van der Waals surface area contributed by atoms with Crippen molar-refractivity contribution >= 4 is 5.71 Å². The van der Waals surface area contributed by atoms with E-state index in [1.54, 1.807) is 0 Å². The number of rotatable bonds is 3. The zero-order valence-corrected chi connectivity index (χ0v) is 10.8. The molecule has 2 rings (SSSR count). The van der Waals surface area contributed by atoms with Gasteiger partial charge in [-0.1, -0.05) is 41.6 Å². The summed E-state index contributed by atoms with van der Waals surface area (Å²) in [5.74, 6) is 0. The van der Waals surface area contributed by atoms with E-state index in [1.165, 1.54) is 0 Å². The van der Waals surface area contributed by atoms with Crippen molar-refractivity contribution in [1.29, 1.82) is 0 Å². The van der Waals surface area contributed by atoms with Gasteiger partial charge in [0.25, 0.3) is 0 Å². The average molecular weight is 293 g/mol. The Kier molecular flexibility index (Phi) is 5.36. The van der Waals surface area contributed by atoms with E-state index in [1.807, 2.05) is 65.5 Å². The number of aromatic nitrogens is 1. The lowest BCUT2D eigenvalue weighted by atomic mass is 10.1. The van der Waals surface area contributed by atoms with Gasteiger partial charge in [0.1, 0.15) is 0 Å². The smallest absolute Gasteiger partial charge is 0.194 e. The molecule has 1 heterocycles. The van der Waals surface area contributed by atoms with E-state index in [-0.39, 0.29) is 17.0 Å². The van der Waals surface area contributed by atoms with Crippen LogP contribution in [-0.2, 0) is 6.54 Å². The summed E-state index contributed by atoms with van der Waals surface area (Å²) >= 11 is 0. The highest BCUT2D eigenvalue weighted by molar-refractivity contribution is 5.99. The molecule has 1 N–H and O–H groups in total. The van der Waals surface area contributed by atoms with Gasteiger partial charge in [0.2, 0.25) is 0 Å². The minimum Gasteiger partial charge on any atom is -1.00 e. The van der Waals surface area contributed by atoms with E-state index in [2.05, 4.69) is 5.16 Å². The van der Waals surface area contributed by atoms with Gasteiger partial charge in [-0.2, -0.15) is 4.57 Å². The lowest BCUT2D eigenvalue weighted by molar-refractivity contribution is -0.681. The minimum absolute atomic E-state index is 0. The van der Waals surface area contributed by atoms with Crippen molar-refractivity contribution in [3.63, 3.8) is 0 Å². The van der Waals surface area contributed by atoms with Crippen LogP contribution in [0.25, 0.3) is 0 Å². The van der Waals surface area contributed by atoms with Gasteiger partial charge in [0.15, 0.2) is 24.7 Å². The number of nitrogens with zero attached hydrogens (tertiary/aromatic N) is 2. The first-order valence-electron chi connectivity index (χ1n) is 5.10. The van der Waals surface area contributed by atoms with Crippen molar-refractivity contribution in [2.75, 3.05) is 0 Å². The molecule has 1 aromatic heterocycles. The Labute approximate surface area is 111 Å². The van der Waals surface area contributed by atoms with E-state index in [0.717, 1.165) is 5.56 Å². The quantitative estimate of drug-likeness (QED) is 0.330. The maximum Gasteiger partial charge on any atom is 0.194 e. The molecule has 0 radical (unpaired) electrons.